The topological polar surface area (TPSA) is 131 Å². The number of esters is 1. The van der Waals surface area contributed by atoms with Crippen LogP contribution in [0.3, 0.4) is 0 Å². The Morgan fingerprint density at radius 2 is 1.71 bits per heavy atom. The molecule has 0 unspecified atom stereocenters. The van der Waals surface area contributed by atoms with E-state index >= 15 is 0 Å². The zero-order valence-electron chi connectivity index (χ0n) is 19.0. The summed E-state index contributed by atoms with van der Waals surface area (Å²) in [6.45, 7) is 1.09. The quantitative estimate of drug-likeness (QED) is 0.477. The maximum atomic E-state index is 13.2. The van der Waals surface area contributed by atoms with Gasteiger partial charge in [-0.15, -0.1) is 0 Å². The van der Waals surface area contributed by atoms with Crippen LogP contribution in [0.4, 0.5) is 5.82 Å². The van der Waals surface area contributed by atoms with Gasteiger partial charge in [0, 0.05) is 12.5 Å². The zero-order valence-corrected chi connectivity index (χ0v) is 19.0. The van der Waals surface area contributed by atoms with E-state index in [1.807, 2.05) is 60.7 Å². The number of aromatic nitrogens is 1. The number of nitrogens with zero attached hydrogens (tertiary/aromatic N) is 2. The molecule has 0 radical (unpaired) electrons. The van der Waals surface area contributed by atoms with Gasteiger partial charge in [0.05, 0.1) is 18.4 Å². The number of aryl methyl sites for hydroxylation is 1. The molecule has 2 heterocycles. The molecule has 1 aliphatic rings. The highest BCUT2D eigenvalue weighted by atomic mass is 16.5. The van der Waals surface area contributed by atoms with Crippen LogP contribution < -0.4 is 10.7 Å². The molecule has 2 aromatic carbocycles. The van der Waals surface area contributed by atoms with Crippen LogP contribution in [0.1, 0.15) is 29.2 Å². The number of anilines is 1. The number of benzene rings is 2. The van der Waals surface area contributed by atoms with Crippen molar-refractivity contribution in [1.29, 1.82) is 0 Å². The van der Waals surface area contributed by atoms with E-state index in [9.17, 15) is 19.2 Å². The maximum absolute atomic E-state index is 13.2. The Bertz CT molecular complexity index is 1170. The number of hydrogen-bond donors (Lipinski definition) is 2. The van der Waals surface area contributed by atoms with Gasteiger partial charge in [-0.25, -0.2) is 0 Å². The molecule has 0 spiro atoms. The lowest BCUT2D eigenvalue weighted by Gasteiger charge is -2.23. The number of carbonyl (C=O) groups is 4. The fourth-order valence-corrected chi connectivity index (χ4v) is 3.82. The summed E-state index contributed by atoms with van der Waals surface area (Å²) in [5.41, 5.74) is 4.19. The molecule has 1 atom stereocenters. The third-order valence-corrected chi connectivity index (χ3v) is 5.47. The van der Waals surface area contributed by atoms with Gasteiger partial charge in [-0.3, -0.25) is 29.6 Å². The molecule has 3 aromatic rings. The first kappa shape index (κ1) is 23.7. The van der Waals surface area contributed by atoms with E-state index in [-0.39, 0.29) is 18.8 Å². The lowest BCUT2D eigenvalue weighted by Crippen LogP contribution is -2.45. The van der Waals surface area contributed by atoms with E-state index in [0.717, 1.165) is 16.1 Å². The van der Waals surface area contributed by atoms with Crippen molar-refractivity contribution in [3.8, 4) is 0 Å². The van der Waals surface area contributed by atoms with Gasteiger partial charge in [0.15, 0.2) is 12.4 Å². The Labute approximate surface area is 201 Å². The smallest absolute Gasteiger partial charge is 0.311 e. The second kappa shape index (κ2) is 10.6. The summed E-state index contributed by atoms with van der Waals surface area (Å²) < 4.78 is 9.90. The normalized spacial score (nSPS) is 15.2. The molecule has 10 heteroatoms. The van der Waals surface area contributed by atoms with Crippen molar-refractivity contribution in [2.24, 2.45) is 5.92 Å². The average molecular weight is 476 g/mol. The Balaban J connectivity index is 1.35. The highest BCUT2D eigenvalue weighted by Gasteiger charge is 2.37. The number of hydrogen-bond acceptors (Lipinski definition) is 7. The summed E-state index contributed by atoms with van der Waals surface area (Å²) in [5.74, 6) is -2.82. The maximum Gasteiger partial charge on any atom is 0.311 e. The van der Waals surface area contributed by atoms with Crippen LogP contribution in [0.2, 0.25) is 0 Å². The summed E-state index contributed by atoms with van der Waals surface area (Å²) >= 11 is 0. The van der Waals surface area contributed by atoms with E-state index in [2.05, 4.69) is 15.9 Å². The van der Waals surface area contributed by atoms with Crippen LogP contribution in [0.5, 0.6) is 0 Å². The molecule has 2 N–H and O–H groups in total. The Morgan fingerprint density at radius 1 is 1.09 bits per heavy atom. The Kier molecular flexibility index (Phi) is 7.20. The number of nitrogens with one attached hydrogen (secondary N) is 2. The van der Waals surface area contributed by atoms with Gasteiger partial charge in [-0.2, -0.15) is 0 Å². The van der Waals surface area contributed by atoms with Crippen LogP contribution in [0.15, 0.2) is 71.3 Å². The van der Waals surface area contributed by atoms with Crippen molar-refractivity contribution in [2.75, 3.05) is 18.5 Å². The highest BCUT2D eigenvalue weighted by Crippen LogP contribution is 2.26. The minimum atomic E-state index is -0.809. The number of amides is 3. The molecule has 1 aromatic heterocycles. The average Bonchev–Trinajstić information content (AvgIpc) is 3.43. The summed E-state index contributed by atoms with van der Waals surface area (Å²) in [4.78, 5) is 50.1. The first-order valence-electron chi connectivity index (χ1n) is 11.0. The van der Waals surface area contributed by atoms with E-state index in [0.29, 0.717) is 5.76 Å². The molecule has 1 fully saturated rings. The molecule has 4 rings (SSSR count). The molecule has 3 amide bonds. The first-order chi connectivity index (χ1) is 16.9. The zero-order chi connectivity index (χ0) is 24.8. The van der Waals surface area contributed by atoms with Crippen molar-refractivity contribution >= 4 is 29.5 Å². The molecular weight excluding hydrogens is 452 g/mol. The third kappa shape index (κ3) is 5.91. The van der Waals surface area contributed by atoms with Crippen LogP contribution in [0.25, 0.3) is 0 Å². The van der Waals surface area contributed by atoms with E-state index in [1.54, 1.807) is 6.92 Å². The SMILES string of the molecule is Cc1cc(NC(=O)COC(=O)[C@@H]2CC(=O)N(NC(=O)C(c3ccccc3)c3ccccc3)C2)no1. The van der Waals surface area contributed by atoms with Crippen LogP contribution in [-0.4, -0.2) is 47.0 Å². The third-order valence-electron chi connectivity index (χ3n) is 5.47. The first-order valence-corrected chi connectivity index (χ1v) is 11.0. The molecule has 0 aliphatic carbocycles. The Morgan fingerprint density at radius 3 is 2.29 bits per heavy atom. The van der Waals surface area contributed by atoms with E-state index in [1.165, 1.54) is 6.07 Å². The monoisotopic (exact) mass is 476 g/mol. The molecule has 1 saturated heterocycles. The summed E-state index contributed by atoms with van der Waals surface area (Å²) in [6, 6.07) is 20.0. The fourth-order valence-electron chi connectivity index (χ4n) is 3.82. The van der Waals surface area contributed by atoms with Crippen LogP contribution in [0, 0.1) is 12.8 Å². The van der Waals surface area contributed by atoms with Crippen LogP contribution >= 0.6 is 0 Å². The number of carbonyl (C=O) groups excluding carboxylic acids is 4. The summed E-state index contributed by atoms with van der Waals surface area (Å²) in [5, 5.41) is 7.20. The number of ether oxygens (including phenoxy) is 1. The van der Waals surface area contributed by atoms with Crippen molar-refractivity contribution in [2.45, 2.75) is 19.3 Å². The fraction of sp³-hybridized carbons (Fsp3) is 0.240. The number of hydrazine groups is 1. The second-order valence-electron chi connectivity index (χ2n) is 8.11. The van der Waals surface area contributed by atoms with Gasteiger partial charge in [-0.05, 0) is 18.1 Å². The number of rotatable bonds is 8. The van der Waals surface area contributed by atoms with Crippen molar-refractivity contribution in [3.63, 3.8) is 0 Å². The van der Waals surface area contributed by atoms with Crippen molar-refractivity contribution in [1.82, 2.24) is 15.6 Å². The minimum Gasteiger partial charge on any atom is -0.455 e. The van der Waals surface area contributed by atoms with Crippen molar-refractivity contribution in [3.05, 3.63) is 83.6 Å². The second-order valence-corrected chi connectivity index (χ2v) is 8.11. The van der Waals surface area contributed by atoms with Gasteiger partial charge in [-0.1, -0.05) is 65.8 Å². The van der Waals surface area contributed by atoms with Gasteiger partial charge >= 0.3 is 5.97 Å². The lowest BCUT2D eigenvalue weighted by molar-refractivity contribution is -0.151. The lowest BCUT2D eigenvalue weighted by atomic mass is 9.91. The Hall–Kier alpha value is -4.47. The predicted octanol–water partition coefficient (Wildman–Crippen LogP) is 2.18. The molecule has 0 bridgehead atoms. The molecule has 35 heavy (non-hydrogen) atoms. The minimum absolute atomic E-state index is 0.0518. The van der Waals surface area contributed by atoms with Gasteiger partial charge < -0.3 is 14.6 Å². The van der Waals surface area contributed by atoms with Gasteiger partial charge in [0.2, 0.25) is 5.91 Å². The molecule has 1 aliphatic heterocycles. The standard InChI is InChI=1S/C25H24N4O6/c1-16-12-20(28-35-16)26-21(30)15-34-25(33)19-13-22(31)29(14-19)27-24(32)23(17-8-4-2-5-9-17)18-10-6-3-7-11-18/h2-12,19,23H,13-15H2,1H3,(H,27,32)(H,26,28,30)/t19-/m1/s1. The van der Waals surface area contributed by atoms with Crippen LogP contribution in [-0.2, 0) is 23.9 Å². The van der Waals surface area contributed by atoms with Gasteiger partial charge in [0.25, 0.3) is 11.8 Å². The molecule has 0 saturated carbocycles. The summed E-state index contributed by atoms with van der Waals surface area (Å²) in [7, 11) is 0. The van der Waals surface area contributed by atoms with E-state index in [4.69, 9.17) is 9.26 Å². The molecular formula is C25H24N4O6. The molecule has 10 nitrogen and oxygen atoms in total. The van der Waals surface area contributed by atoms with Gasteiger partial charge in [0.1, 0.15) is 5.76 Å². The predicted molar refractivity (Wildman–Crippen MR) is 124 cm³/mol. The molecule has 180 valence electrons. The van der Waals surface area contributed by atoms with Crippen molar-refractivity contribution < 1.29 is 28.4 Å². The van der Waals surface area contributed by atoms with E-state index < -0.39 is 42.1 Å². The highest BCUT2D eigenvalue weighted by molar-refractivity contribution is 5.94. The largest absolute Gasteiger partial charge is 0.455 e. The summed E-state index contributed by atoms with van der Waals surface area (Å²) in [6.07, 6.45) is -0.134.